The first-order valence-corrected chi connectivity index (χ1v) is 4.11. The number of methoxy groups -OCH3 is 1. The van der Waals surface area contributed by atoms with E-state index in [1.807, 2.05) is 13.0 Å². The van der Waals surface area contributed by atoms with E-state index in [-0.39, 0.29) is 6.54 Å². The van der Waals surface area contributed by atoms with Crippen molar-refractivity contribution in [2.45, 2.75) is 13.5 Å². The lowest BCUT2D eigenvalue weighted by Crippen LogP contribution is -2.21. The van der Waals surface area contributed by atoms with Crippen LogP contribution in [-0.2, 0) is 6.54 Å². The zero-order valence-corrected chi connectivity index (χ0v) is 8.07. The number of aromatic nitrogens is 1. The summed E-state index contributed by atoms with van der Waals surface area (Å²) >= 11 is 0. The van der Waals surface area contributed by atoms with Gasteiger partial charge in [0.15, 0.2) is 0 Å². The van der Waals surface area contributed by atoms with Crippen molar-refractivity contribution >= 4 is 6.09 Å². The number of nitrogens with zero attached hydrogens (tertiary/aromatic N) is 1. The van der Waals surface area contributed by atoms with E-state index < -0.39 is 6.09 Å². The van der Waals surface area contributed by atoms with E-state index in [1.54, 1.807) is 6.07 Å². The van der Waals surface area contributed by atoms with Crippen LogP contribution < -0.4 is 10.1 Å². The molecular weight excluding hydrogens is 184 g/mol. The molecule has 1 amide bonds. The predicted octanol–water partition coefficient (Wildman–Crippen LogP) is 1.17. The molecule has 0 aromatic carbocycles. The van der Waals surface area contributed by atoms with Gasteiger partial charge in [-0.2, -0.15) is 0 Å². The number of aryl methyl sites for hydroxylation is 1. The standard InChI is InChI=1S/C9H12N2O3/c1-6-3-4-8(14-2)7(11-6)5-10-9(12)13/h3-4,10H,5H2,1-2H3,(H,12,13). The normalized spacial score (nSPS) is 9.57. The largest absolute Gasteiger partial charge is 0.495 e. The summed E-state index contributed by atoms with van der Waals surface area (Å²) in [4.78, 5) is 14.4. The molecule has 5 nitrogen and oxygen atoms in total. The summed E-state index contributed by atoms with van der Waals surface area (Å²) in [5, 5.41) is 10.7. The number of hydrogen-bond donors (Lipinski definition) is 2. The lowest BCUT2D eigenvalue weighted by Gasteiger charge is -2.07. The molecule has 1 heterocycles. The summed E-state index contributed by atoms with van der Waals surface area (Å²) < 4.78 is 5.04. The van der Waals surface area contributed by atoms with E-state index in [1.165, 1.54) is 7.11 Å². The lowest BCUT2D eigenvalue weighted by atomic mass is 10.3. The van der Waals surface area contributed by atoms with Gasteiger partial charge in [-0.25, -0.2) is 4.79 Å². The molecule has 0 saturated carbocycles. The quantitative estimate of drug-likeness (QED) is 0.761. The van der Waals surface area contributed by atoms with E-state index in [2.05, 4.69) is 10.3 Å². The number of carboxylic acid groups (broad SMARTS) is 1. The maximum atomic E-state index is 10.3. The molecule has 0 bridgehead atoms. The van der Waals surface area contributed by atoms with Crippen LogP contribution in [-0.4, -0.2) is 23.3 Å². The third-order valence-corrected chi connectivity index (χ3v) is 1.70. The van der Waals surface area contributed by atoms with Crippen LogP contribution in [0.15, 0.2) is 12.1 Å². The van der Waals surface area contributed by atoms with Crippen molar-refractivity contribution in [2.75, 3.05) is 7.11 Å². The molecule has 0 fully saturated rings. The van der Waals surface area contributed by atoms with Crippen molar-refractivity contribution in [3.63, 3.8) is 0 Å². The Morgan fingerprint density at radius 1 is 1.64 bits per heavy atom. The maximum absolute atomic E-state index is 10.3. The van der Waals surface area contributed by atoms with Crippen molar-refractivity contribution in [3.8, 4) is 5.75 Å². The third-order valence-electron chi connectivity index (χ3n) is 1.70. The van der Waals surface area contributed by atoms with Crippen LogP contribution in [0.3, 0.4) is 0 Å². The maximum Gasteiger partial charge on any atom is 0.404 e. The van der Waals surface area contributed by atoms with Gasteiger partial charge < -0.3 is 15.2 Å². The SMILES string of the molecule is COc1ccc(C)nc1CNC(=O)O. The number of carbonyl (C=O) groups is 1. The van der Waals surface area contributed by atoms with Crippen molar-refractivity contribution in [3.05, 3.63) is 23.5 Å². The Morgan fingerprint density at radius 2 is 2.36 bits per heavy atom. The average Bonchev–Trinajstić information content (AvgIpc) is 2.15. The fourth-order valence-corrected chi connectivity index (χ4v) is 1.07. The summed E-state index contributed by atoms with van der Waals surface area (Å²) in [5.41, 5.74) is 1.42. The van der Waals surface area contributed by atoms with Gasteiger partial charge in [-0.05, 0) is 19.1 Å². The fourth-order valence-electron chi connectivity index (χ4n) is 1.07. The van der Waals surface area contributed by atoms with E-state index >= 15 is 0 Å². The minimum absolute atomic E-state index is 0.153. The number of rotatable bonds is 3. The highest BCUT2D eigenvalue weighted by molar-refractivity contribution is 5.64. The van der Waals surface area contributed by atoms with Crippen molar-refractivity contribution in [2.24, 2.45) is 0 Å². The molecule has 1 aromatic heterocycles. The predicted molar refractivity (Wildman–Crippen MR) is 50.4 cm³/mol. The van der Waals surface area contributed by atoms with Gasteiger partial charge in [0.1, 0.15) is 11.4 Å². The van der Waals surface area contributed by atoms with Gasteiger partial charge in [0.25, 0.3) is 0 Å². The minimum Gasteiger partial charge on any atom is -0.495 e. The zero-order valence-electron chi connectivity index (χ0n) is 8.07. The number of nitrogens with one attached hydrogen (secondary N) is 1. The Bertz CT molecular complexity index is 339. The van der Waals surface area contributed by atoms with Gasteiger partial charge in [0.2, 0.25) is 0 Å². The van der Waals surface area contributed by atoms with Crippen LogP contribution in [0.5, 0.6) is 5.75 Å². The molecule has 1 rings (SSSR count). The lowest BCUT2D eigenvalue weighted by molar-refractivity contribution is 0.193. The van der Waals surface area contributed by atoms with Gasteiger partial charge in [-0.1, -0.05) is 0 Å². The van der Waals surface area contributed by atoms with Crippen LogP contribution in [0.25, 0.3) is 0 Å². The smallest absolute Gasteiger partial charge is 0.404 e. The topological polar surface area (TPSA) is 71.5 Å². The summed E-state index contributed by atoms with van der Waals surface area (Å²) in [6.07, 6.45) is -1.07. The van der Waals surface area contributed by atoms with Gasteiger partial charge in [0.05, 0.1) is 13.7 Å². The van der Waals surface area contributed by atoms with Crippen molar-refractivity contribution in [1.82, 2.24) is 10.3 Å². The molecule has 0 aliphatic carbocycles. The summed E-state index contributed by atoms with van der Waals surface area (Å²) in [7, 11) is 1.52. The molecule has 0 radical (unpaired) electrons. The molecule has 0 aliphatic rings. The number of pyridine rings is 1. The van der Waals surface area contributed by atoms with Gasteiger partial charge in [0, 0.05) is 5.69 Å². The zero-order chi connectivity index (χ0) is 10.6. The number of amides is 1. The molecule has 76 valence electrons. The average molecular weight is 196 g/mol. The molecule has 5 heteroatoms. The first-order valence-electron chi connectivity index (χ1n) is 4.11. The van der Waals surface area contributed by atoms with E-state index in [9.17, 15) is 4.79 Å². The van der Waals surface area contributed by atoms with Crippen LogP contribution >= 0.6 is 0 Å². The Hall–Kier alpha value is -1.78. The molecular formula is C9H12N2O3. The second-order valence-electron chi connectivity index (χ2n) is 2.76. The molecule has 14 heavy (non-hydrogen) atoms. The highest BCUT2D eigenvalue weighted by Gasteiger charge is 2.05. The fraction of sp³-hybridized carbons (Fsp3) is 0.333. The Kier molecular flexibility index (Phi) is 3.28. The Labute approximate surface area is 81.7 Å². The molecule has 0 unspecified atom stereocenters. The van der Waals surface area contributed by atoms with E-state index in [0.29, 0.717) is 11.4 Å². The Balaban J connectivity index is 2.82. The molecule has 2 N–H and O–H groups in total. The summed E-state index contributed by atoms with van der Waals surface area (Å²) in [5.74, 6) is 0.587. The molecule has 1 aromatic rings. The second kappa shape index (κ2) is 4.45. The first-order chi connectivity index (χ1) is 6.63. The molecule has 0 saturated heterocycles. The number of hydrogen-bond acceptors (Lipinski definition) is 3. The Morgan fingerprint density at radius 3 is 2.93 bits per heavy atom. The molecule has 0 atom stereocenters. The number of ether oxygens (including phenoxy) is 1. The minimum atomic E-state index is -1.07. The highest BCUT2D eigenvalue weighted by Crippen LogP contribution is 2.15. The van der Waals surface area contributed by atoms with E-state index in [4.69, 9.17) is 9.84 Å². The van der Waals surface area contributed by atoms with Crippen molar-refractivity contribution in [1.29, 1.82) is 0 Å². The van der Waals surface area contributed by atoms with Gasteiger partial charge >= 0.3 is 6.09 Å². The van der Waals surface area contributed by atoms with Crippen LogP contribution in [0.2, 0.25) is 0 Å². The third kappa shape index (κ3) is 2.62. The highest BCUT2D eigenvalue weighted by atomic mass is 16.5. The van der Waals surface area contributed by atoms with Crippen molar-refractivity contribution < 1.29 is 14.6 Å². The van der Waals surface area contributed by atoms with E-state index in [0.717, 1.165) is 5.69 Å². The van der Waals surface area contributed by atoms with Gasteiger partial charge in [-0.15, -0.1) is 0 Å². The summed E-state index contributed by atoms with van der Waals surface area (Å²) in [6, 6.07) is 3.57. The van der Waals surface area contributed by atoms with Crippen LogP contribution in [0.4, 0.5) is 4.79 Å². The first kappa shape index (κ1) is 10.3. The second-order valence-corrected chi connectivity index (χ2v) is 2.76. The van der Waals surface area contributed by atoms with Crippen LogP contribution in [0.1, 0.15) is 11.4 Å². The van der Waals surface area contributed by atoms with Crippen LogP contribution in [0, 0.1) is 6.92 Å². The monoisotopic (exact) mass is 196 g/mol. The summed E-state index contributed by atoms with van der Waals surface area (Å²) in [6.45, 7) is 1.99. The molecule has 0 aliphatic heterocycles. The molecule has 0 spiro atoms. The van der Waals surface area contributed by atoms with Gasteiger partial charge in [-0.3, -0.25) is 4.98 Å².